The Labute approximate surface area is 95.1 Å². The minimum Gasteiger partial charge on any atom is -0.389 e. The summed E-state index contributed by atoms with van der Waals surface area (Å²) in [6.45, 7) is 4.01. The minimum atomic E-state index is -0.306. The molecule has 0 aliphatic carbocycles. The van der Waals surface area contributed by atoms with Crippen molar-refractivity contribution in [2.75, 3.05) is 0 Å². The molecule has 1 aromatic carbocycles. The fraction of sp³-hybridized carbons (Fsp3) is 0.385. The highest BCUT2D eigenvalue weighted by Gasteiger charge is 2.35. The van der Waals surface area contributed by atoms with E-state index in [1.165, 1.54) is 0 Å². The van der Waals surface area contributed by atoms with Crippen LogP contribution in [0.1, 0.15) is 37.0 Å². The Morgan fingerprint density at radius 2 is 2.12 bits per heavy atom. The van der Waals surface area contributed by atoms with Crippen LogP contribution >= 0.6 is 0 Å². The van der Waals surface area contributed by atoms with Crippen LogP contribution in [0.3, 0.4) is 0 Å². The third-order valence-corrected chi connectivity index (χ3v) is 2.96. The van der Waals surface area contributed by atoms with Gasteiger partial charge < -0.3 is 4.84 Å². The second-order valence-electron chi connectivity index (χ2n) is 4.30. The largest absolute Gasteiger partial charge is 0.389 e. The number of oxime groups is 1. The van der Waals surface area contributed by atoms with Crippen molar-refractivity contribution in [2.24, 2.45) is 5.16 Å². The first-order valence-electron chi connectivity index (χ1n) is 5.49. The summed E-state index contributed by atoms with van der Waals surface area (Å²) in [4.78, 5) is 17.4. The minimum absolute atomic E-state index is 0.0298. The number of carbonyl (C=O) groups is 1. The molecule has 3 heteroatoms. The van der Waals surface area contributed by atoms with Crippen molar-refractivity contribution in [1.82, 2.24) is 0 Å². The molecule has 0 spiro atoms. The van der Waals surface area contributed by atoms with Gasteiger partial charge in [0.15, 0.2) is 0 Å². The fourth-order valence-corrected chi connectivity index (χ4v) is 1.65. The first-order valence-corrected chi connectivity index (χ1v) is 5.49. The molecule has 0 amide bonds. The third-order valence-electron chi connectivity index (χ3n) is 2.96. The van der Waals surface area contributed by atoms with Gasteiger partial charge in [-0.1, -0.05) is 42.4 Å². The zero-order chi connectivity index (χ0) is 11.6. The number of carbonyl (C=O) groups excluding carboxylic acids is 1. The maximum absolute atomic E-state index is 12.0. The molecule has 0 radical (unpaired) electrons. The smallest absolute Gasteiger partial charge is 0.210 e. The predicted molar refractivity (Wildman–Crippen MR) is 62.6 cm³/mol. The van der Waals surface area contributed by atoms with Gasteiger partial charge in [-0.25, -0.2) is 0 Å². The van der Waals surface area contributed by atoms with Gasteiger partial charge in [0.25, 0.3) is 0 Å². The average molecular weight is 217 g/mol. The van der Waals surface area contributed by atoms with Gasteiger partial charge in [0, 0.05) is 12.0 Å². The lowest BCUT2D eigenvalue weighted by Gasteiger charge is -2.17. The number of benzene rings is 1. The van der Waals surface area contributed by atoms with Crippen LogP contribution in [0.5, 0.6) is 0 Å². The molecule has 1 unspecified atom stereocenters. The van der Waals surface area contributed by atoms with Crippen LogP contribution in [0, 0.1) is 0 Å². The molecule has 1 heterocycles. The summed E-state index contributed by atoms with van der Waals surface area (Å²) in [5.74, 6) is -0.0298. The first-order chi connectivity index (χ1) is 7.64. The molecule has 3 nitrogen and oxygen atoms in total. The van der Waals surface area contributed by atoms with Gasteiger partial charge in [-0.2, -0.15) is 0 Å². The molecule has 0 bridgehead atoms. The topological polar surface area (TPSA) is 38.7 Å². The molecule has 1 atom stereocenters. The summed E-state index contributed by atoms with van der Waals surface area (Å²) in [5, 5.41) is 3.90. The van der Waals surface area contributed by atoms with E-state index in [9.17, 15) is 4.79 Å². The van der Waals surface area contributed by atoms with Gasteiger partial charge in [-0.3, -0.25) is 4.79 Å². The molecule has 0 aromatic heterocycles. The van der Waals surface area contributed by atoms with Crippen molar-refractivity contribution >= 4 is 11.5 Å². The van der Waals surface area contributed by atoms with Gasteiger partial charge in [-0.15, -0.1) is 0 Å². The second-order valence-corrected chi connectivity index (χ2v) is 4.30. The van der Waals surface area contributed by atoms with Crippen molar-refractivity contribution in [1.29, 1.82) is 0 Å². The van der Waals surface area contributed by atoms with E-state index in [2.05, 4.69) is 5.16 Å². The zero-order valence-corrected chi connectivity index (χ0v) is 9.56. The van der Waals surface area contributed by atoms with Gasteiger partial charge in [0.05, 0.1) is 0 Å². The predicted octanol–water partition coefficient (Wildman–Crippen LogP) is 2.81. The highest BCUT2D eigenvalue weighted by Crippen LogP contribution is 2.27. The highest BCUT2D eigenvalue weighted by atomic mass is 16.7. The van der Waals surface area contributed by atoms with Crippen molar-refractivity contribution in [3.63, 3.8) is 0 Å². The van der Waals surface area contributed by atoms with E-state index in [0.717, 1.165) is 6.42 Å². The summed E-state index contributed by atoms with van der Waals surface area (Å²) in [6.07, 6.45) is 1.44. The molecule has 0 N–H and O–H groups in total. The van der Waals surface area contributed by atoms with E-state index in [1.54, 1.807) is 12.1 Å². The quantitative estimate of drug-likeness (QED) is 0.730. The van der Waals surface area contributed by atoms with Crippen LogP contribution in [0.2, 0.25) is 0 Å². The number of hydrogen-bond donors (Lipinski definition) is 0. The van der Waals surface area contributed by atoms with Gasteiger partial charge in [0.1, 0.15) is 11.3 Å². The fourth-order valence-electron chi connectivity index (χ4n) is 1.65. The summed E-state index contributed by atoms with van der Waals surface area (Å²) in [5.41, 5.74) is 0.889. The van der Waals surface area contributed by atoms with Crippen LogP contribution in [0.25, 0.3) is 0 Å². The van der Waals surface area contributed by atoms with Crippen LogP contribution < -0.4 is 0 Å². The molecule has 0 fully saturated rings. The molecule has 0 saturated heterocycles. The van der Waals surface area contributed by atoms with Crippen molar-refractivity contribution in [3.8, 4) is 0 Å². The lowest BCUT2D eigenvalue weighted by atomic mass is 9.93. The standard InChI is InChI=1S/C13H15NO2/c1-3-13(2)9-11(14-16-13)12(15)10-7-5-4-6-8-10/h4-8H,3,9H2,1-2H3. The first kappa shape index (κ1) is 10.9. The molecule has 16 heavy (non-hydrogen) atoms. The summed E-state index contributed by atoms with van der Waals surface area (Å²) in [6, 6.07) is 9.18. The van der Waals surface area contributed by atoms with E-state index < -0.39 is 0 Å². The Kier molecular flexibility index (Phi) is 2.77. The normalized spacial score (nSPS) is 23.8. The average Bonchev–Trinajstić information content (AvgIpc) is 2.73. The molecule has 1 aromatic rings. The number of Topliss-reactive ketones (excluding diaryl/α,β-unsaturated/α-hetero) is 1. The number of ketones is 1. The highest BCUT2D eigenvalue weighted by molar-refractivity contribution is 6.46. The summed E-state index contributed by atoms with van der Waals surface area (Å²) >= 11 is 0. The molecule has 84 valence electrons. The zero-order valence-electron chi connectivity index (χ0n) is 9.56. The second kappa shape index (κ2) is 4.08. The summed E-state index contributed by atoms with van der Waals surface area (Å²) in [7, 11) is 0. The molecule has 1 aliphatic rings. The monoisotopic (exact) mass is 217 g/mol. The van der Waals surface area contributed by atoms with Crippen LogP contribution in [0.15, 0.2) is 35.5 Å². The van der Waals surface area contributed by atoms with Crippen molar-refractivity contribution < 1.29 is 9.63 Å². The Morgan fingerprint density at radius 3 is 2.69 bits per heavy atom. The Balaban J connectivity index is 2.14. The SMILES string of the molecule is CCC1(C)CC(C(=O)c2ccccc2)=NO1. The van der Waals surface area contributed by atoms with Gasteiger partial charge in [-0.05, 0) is 13.3 Å². The Morgan fingerprint density at radius 1 is 1.44 bits per heavy atom. The van der Waals surface area contributed by atoms with E-state index in [-0.39, 0.29) is 11.4 Å². The maximum atomic E-state index is 12.0. The van der Waals surface area contributed by atoms with Crippen LogP contribution in [-0.4, -0.2) is 17.1 Å². The summed E-state index contributed by atoms with van der Waals surface area (Å²) < 4.78 is 0. The van der Waals surface area contributed by atoms with Gasteiger partial charge in [0.2, 0.25) is 5.78 Å². The number of nitrogens with zero attached hydrogens (tertiary/aromatic N) is 1. The lowest BCUT2D eigenvalue weighted by molar-refractivity contribution is -0.00605. The van der Waals surface area contributed by atoms with E-state index >= 15 is 0 Å². The molecular weight excluding hydrogens is 202 g/mol. The van der Waals surface area contributed by atoms with Crippen LogP contribution in [0.4, 0.5) is 0 Å². The van der Waals surface area contributed by atoms with Crippen molar-refractivity contribution in [2.45, 2.75) is 32.3 Å². The van der Waals surface area contributed by atoms with E-state index in [0.29, 0.717) is 17.7 Å². The van der Waals surface area contributed by atoms with Crippen LogP contribution in [-0.2, 0) is 4.84 Å². The van der Waals surface area contributed by atoms with E-state index in [1.807, 2.05) is 32.0 Å². The lowest BCUT2D eigenvalue weighted by Crippen LogP contribution is -2.25. The van der Waals surface area contributed by atoms with Crippen molar-refractivity contribution in [3.05, 3.63) is 35.9 Å². The third kappa shape index (κ3) is 1.98. The Hall–Kier alpha value is -1.64. The van der Waals surface area contributed by atoms with Gasteiger partial charge >= 0.3 is 0 Å². The maximum Gasteiger partial charge on any atom is 0.210 e. The van der Waals surface area contributed by atoms with E-state index in [4.69, 9.17) is 4.84 Å². The molecule has 0 saturated carbocycles. The number of rotatable bonds is 3. The Bertz CT molecular complexity index is 425. The molecule has 1 aliphatic heterocycles. The number of hydrogen-bond acceptors (Lipinski definition) is 3. The molecular formula is C13H15NO2. The molecule has 2 rings (SSSR count).